The van der Waals surface area contributed by atoms with Crippen LogP contribution in [0, 0.1) is 0 Å². The molecule has 1 unspecified atom stereocenters. The Morgan fingerprint density at radius 1 is 1.42 bits per heavy atom. The second-order valence-electron chi connectivity index (χ2n) is 4.80. The minimum absolute atomic E-state index is 0.104. The fourth-order valence-electron chi connectivity index (χ4n) is 2.46. The number of rotatable bonds is 4. The number of likely N-dealkylation sites (N-methyl/N-ethyl adjacent to an activating group) is 1. The van der Waals surface area contributed by atoms with Gasteiger partial charge >= 0.3 is 0 Å². The molecule has 0 radical (unpaired) electrons. The first kappa shape index (κ1) is 5.74. The van der Waals surface area contributed by atoms with E-state index in [9.17, 15) is 10.2 Å². The van der Waals surface area contributed by atoms with E-state index in [4.69, 9.17) is 15.1 Å². The fraction of sp³-hybridized carbons (Fsp3) is 0.625. The molecule has 1 atom stereocenters. The van der Waals surface area contributed by atoms with Crippen molar-refractivity contribution in [2.24, 2.45) is 0 Å². The van der Waals surface area contributed by atoms with Crippen LogP contribution in [0.25, 0.3) is 0 Å². The zero-order chi connectivity index (χ0) is 23.3. The van der Waals surface area contributed by atoms with Crippen LogP contribution in [0.15, 0.2) is 24.2 Å². The Morgan fingerprint density at radius 2 is 2.05 bits per heavy atom. The summed E-state index contributed by atoms with van der Waals surface area (Å²) in [7, 11) is 0. The van der Waals surface area contributed by atoms with E-state index in [0.29, 0.717) is 19.3 Å². The summed E-state index contributed by atoms with van der Waals surface area (Å²) < 4.78 is 87.6. The maximum atomic E-state index is 11.4. The molecule has 2 N–H and O–H groups in total. The number of benzene rings is 1. The van der Waals surface area contributed by atoms with Gasteiger partial charge in [0.1, 0.15) is 5.75 Å². The van der Waals surface area contributed by atoms with E-state index in [1.54, 1.807) is 0 Å². The summed E-state index contributed by atoms with van der Waals surface area (Å²) in [5.41, 5.74) is -2.64. The molecule has 3 heteroatoms. The molecule has 1 fully saturated rings. The first-order chi connectivity index (χ1) is 13.4. The predicted molar refractivity (Wildman–Crippen MR) is 77.4 cm³/mol. The van der Waals surface area contributed by atoms with Crippen LogP contribution < -0.4 is 0 Å². The monoisotopic (exact) mass is 274 g/mol. The first-order valence-corrected chi connectivity index (χ1v) is 6.23. The predicted octanol–water partition coefficient (Wildman–Crippen LogP) is 2.73. The van der Waals surface area contributed by atoms with Crippen LogP contribution in [0.2, 0.25) is 0 Å². The molecule has 19 heavy (non-hydrogen) atoms. The van der Waals surface area contributed by atoms with E-state index in [0.717, 1.165) is 12.1 Å². The Balaban J connectivity index is 2.88. The largest absolute Gasteiger partial charge is 0.508 e. The molecule has 0 heterocycles. The lowest BCUT2D eigenvalue weighted by molar-refractivity contribution is -0.0277. The van der Waals surface area contributed by atoms with E-state index in [2.05, 4.69) is 0 Å². The van der Waals surface area contributed by atoms with Crippen molar-refractivity contribution in [1.82, 2.24) is 4.90 Å². The van der Waals surface area contributed by atoms with Gasteiger partial charge in [-0.3, -0.25) is 0 Å². The molecule has 0 saturated heterocycles. The van der Waals surface area contributed by atoms with Crippen LogP contribution in [0.1, 0.15) is 58.6 Å². The van der Waals surface area contributed by atoms with Crippen molar-refractivity contribution in [3.8, 4) is 5.75 Å². The minimum atomic E-state index is -3.49. The van der Waals surface area contributed by atoms with Gasteiger partial charge in [0, 0.05) is 24.7 Å². The van der Waals surface area contributed by atoms with Crippen LogP contribution in [0.5, 0.6) is 5.75 Å². The molecule has 0 bridgehead atoms. The van der Waals surface area contributed by atoms with Crippen LogP contribution in [-0.2, 0) is 0 Å². The van der Waals surface area contributed by atoms with Crippen molar-refractivity contribution in [3.63, 3.8) is 0 Å². The molecule has 0 aromatic heterocycles. The summed E-state index contributed by atoms with van der Waals surface area (Å²) in [6, 6.07) is 0.474. The smallest absolute Gasteiger partial charge is 0.115 e. The molecule has 1 aromatic rings. The summed E-state index contributed by atoms with van der Waals surface area (Å²) in [6.45, 7) is -10.5. The Morgan fingerprint density at radius 3 is 2.63 bits per heavy atom. The number of phenolic OH excluding ortho intramolecular Hbond substituents is 1. The van der Waals surface area contributed by atoms with E-state index >= 15 is 0 Å². The Kier molecular flexibility index (Phi) is 1.79. The third-order valence-electron chi connectivity index (χ3n) is 3.39. The molecular formula is C16H25NO2. The highest BCUT2D eigenvalue weighted by atomic mass is 16.3. The number of phenols is 1. The van der Waals surface area contributed by atoms with Gasteiger partial charge in [-0.15, -0.1) is 0 Å². The second kappa shape index (κ2) is 5.93. The third kappa shape index (κ3) is 3.48. The molecule has 1 aromatic carbocycles. The van der Waals surface area contributed by atoms with Gasteiger partial charge in [-0.1, -0.05) is 31.4 Å². The van der Waals surface area contributed by atoms with Crippen LogP contribution in [0.4, 0.5) is 0 Å². The normalized spacial score (nSPS) is 32.6. The van der Waals surface area contributed by atoms with Gasteiger partial charge < -0.3 is 15.1 Å². The van der Waals surface area contributed by atoms with Gasteiger partial charge in [0.15, 0.2) is 0 Å². The number of hydrogen-bond donors (Lipinski definition) is 2. The molecule has 106 valence electrons. The maximum Gasteiger partial charge on any atom is 0.115 e. The fourth-order valence-corrected chi connectivity index (χ4v) is 2.46. The summed E-state index contributed by atoms with van der Waals surface area (Å²) in [5.74, 6) is -3.64. The van der Waals surface area contributed by atoms with Crippen molar-refractivity contribution in [2.75, 3.05) is 20.4 Å². The van der Waals surface area contributed by atoms with Crippen molar-refractivity contribution >= 4 is 0 Å². The topological polar surface area (TPSA) is 43.7 Å². The molecular weight excluding hydrogens is 238 g/mol. The second-order valence-corrected chi connectivity index (χ2v) is 4.80. The zero-order valence-corrected chi connectivity index (χ0v) is 10.5. The van der Waals surface area contributed by atoms with Crippen molar-refractivity contribution in [2.45, 2.75) is 43.6 Å². The lowest BCUT2D eigenvalue weighted by Gasteiger charge is -2.40. The molecule has 0 spiro atoms. The Labute approximate surface area is 131 Å². The van der Waals surface area contributed by atoms with E-state index in [1.165, 1.54) is 0 Å². The summed E-state index contributed by atoms with van der Waals surface area (Å²) in [6.07, 6.45) is 1.27. The average molecular weight is 274 g/mol. The summed E-state index contributed by atoms with van der Waals surface area (Å²) in [5, 5.41) is 21.2. The van der Waals surface area contributed by atoms with Crippen LogP contribution >= 0.6 is 0 Å². The minimum Gasteiger partial charge on any atom is -0.508 e. The average Bonchev–Trinajstić information content (AvgIpc) is 2.55. The van der Waals surface area contributed by atoms with Gasteiger partial charge in [0.25, 0.3) is 0 Å². The highest BCUT2D eigenvalue weighted by Crippen LogP contribution is 2.40. The van der Waals surface area contributed by atoms with Crippen molar-refractivity contribution in [3.05, 3.63) is 29.8 Å². The van der Waals surface area contributed by atoms with E-state index in [1.807, 2.05) is 0 Å². The number of hydrogen-bond acceptors (Lipinski definition) is 3. The van der Waals surface area contributed by atoms with Gasteiger partial charge in [0.05, 0.1) is 8.34 Å². The molecule has 1 aliphatic rings. The molecule has 1 aliphatic carbocycles. The molecule has 0 amide bonds. The Bertz CT molecular complexity index is 749. The Hall–Kier alpha value is -1.06. The lowest BCUT2D eigenvalue weighted by Crippen LogP contribution is -2.42. The van der Waals surface area contributed by atoms with E-state index in [-0.39, 0.29) is 17.7 Å². The summed E-state index contributed by atoms with van der Waals surface area (Å²) in [4.78, 5) is -0.382. The number of nitrogens with zero attached hydrogens (tertiary/aromatic N) is 1. The van der Waals surface area contributed by atoms with Gasteiger partial charge in [-0.25, -0.2) is 0 Å². The standard InChI is InChI=1S/C16H25NO2/c1-17(2)12-15(13-6-8-14(18)9-7-13)16(19)10-4-3-5-11-16/h6-9,15,18-19H,3-5,10-12H2,1-2H3/i1D3,2D3,8D,9D,12D2,15D. The highest BCUT2D eigenvalue weighted by molar-refractivity contribution is 5.30. The lowest BCUT2D eigenvalue weighted by atomic mass is 9.72. The molecule has 3 nitrogen and oxygen atoms in total. The maximum absolute atomic E-state index is 11.4. The van der Waals surface area contributed by atoms with Crippen molar-refractivity contribution in [1.29, 1.82) is 0 Å². The van der Waals surface area contributed by atoms with Crippen LogP contribution in [0.3, 0.4) is 0 Å². The van der Waals surface area contributed by atoms with Gasteiger partial charge in [-0.05, 0) is 44.4 Å². The van der Waals surface area contributed by atoms with Crippen molar-refractivity contribution < 1.29 is 25.3 Å². The molecule has 2 rings (SSSR count). The molecule has 1 saturated carbocycles. The number of aromatic hydroxyl groups is 1. The van der Waals surface area contributed by atoms with Crippen LogP contribution in [-0.4, -0.2) is 41.2 Å². The zero-order valence-electron chi connectivity index (χ0n) is 21.5. The third-order valence-corrected chi connectivity index (χ3v) is 3.39. The van der Waals surface area contributed by atoms with Gasteiger partial charge in [0.2, 0.25) is 0 Å². The quantitative estimate of drug-likeness (QED) is 0.887. The molecule has 0 aliphatic heterocycles. The highest BCUT2D eigenvalue weighted by Gasteiger charge is 2.38. The first-order valence-electron chi connectivity index (χ1n) is 11.7. The SMILES string of the molecule is [2H]c1cc(C([2H])(C2(O)CCCCC2)C([2H])([2H])N(C([2H])([2H])[2H])C([2H])([2H])[2H])cc([2H])c1O. The van der Waals surface area contributed by atoms with E-state index < -0.39 is 55.3 Å². The summed E-state index contributed by atoms with van der Waals surface area (Å²) >= 11 is 0. The van der Waals surface area contributed by atoms with Gasteiger partial charge in [-0.2, -0.15) is 0 Å². The number of aliphatic hydroxyl groups is 1.